The quantitative estimate of drug-likeness (QED) is 0.482. The molecule has 0 aromatic heterocycles. The smallest absolute Gasteiger partial charge is 0.207 e. The van der Waals surface area contributed by atoms with Crippen LogP contribution in [0.25, 0.3) is 0 Å². The first kappa shape index (κ1) is 13.9. The van der Waals surface area contributed by atoms with Crippen molar-refractivity contribution in [1.29, 1.82) is 0 Å². The number of rotatable bonds is 4. The van der Waals surface area contributed by atoms with Crippen LogP contribution in [0.15, 0.2) is 30.3 Å². The Hall–Kier alpha value is -1.49. The summed E-state index contributed by atoms with van der Waals surface area (Å²) in [5, 5.41) is 10.6. The van der Waals surface area contributed by atoms with Gasteiger partial charge in [-0.2, -0.15) is 0 Å². The predicted octanol–water partition coefficient (Wildman–Crippen LogP) is 2.89. The molecule has 102 valence electrons. The number of hydrogen-bond donors (Lipinski definition) is 0. The van der Waals surface area contributed by atoms with E-state index < -0.39 is 0 Å². The van der Waals surface area contributed by atoms with Crippen molar-refractivity contribution in [3.8, 4) is 0 Å². The minimum atomic E-state index is -0.229. The summed E-state index contributed by atoms with van der Waals surface area (Å²) in [7, 11) is 0. The average Bonchev–Trinajstić information content (AvgIpc) is 2.34. The number of hydrogen-bond acceptors (Lipinski definition) is 3. The molecule has 0 spiro atoms. The Bertz CT molecular complexity index is 464. The van der Waals surface area contributed by atoms with Crippen LogP contribution >= 0.6 is 12.2 Å². The van der Waals surface area contributed by atoms with E-state index >= 15 is 0 Å². The fourth-order valence-electron chi connectivity index (χ4n) is 2.68. The van der Waals surface area contributed by atoms with E-state index in [4.69, 9.17) is 12.2 Å². The van der Waals surface area contributed by atoms with Gasteiger partial charge in [0.05, 0.1) is 4.99 Å². The van der Waals surface area contributed by atoms with Crippen LogP contribution in [-0.2, 0) is 6.54 Å². The SMILES string of the molecule is C[C@H]1C[C@H](C[N+](=O)[O-])CC(=S)N1Cc1ccccc1. The topological polar surface area (TPSA) is 46.4 Å². The molecule has 19 heavy (non-hydrogen) atoms. The Morgan fingerprint density at radius 2 is 2.11 bits per heavy atom. The summed E-state index contributed by atoms with van der Waals surface area (Å²) in [5.74, 6) is 0.0875. The summed E-state index contributed by atoms with van der Waals surface area (Å²) in [6.45, 7) is 2.93. The van der Waals surface area contributed by atoms with E-state index in [-0.39, 0.29) is 23.4 Å². The van der Waals surface area contributed by atoms with E-state index in [1.807, 2.05) is 18.2 Å². The first-order valence-electron chi connectivity index (χ1n) is 6.51. The molecule has 1 aromatic carbocycles. The van der Waals surface area contributed by atoms with Gasteiger partial charge in [-0.3, -0.25) is 10.1 Å². The maximum absolute atomic E-state index is 10.6. The summed E-state index contributed by atoms with van der Waals surface area (Å²) in [5.41, 5.74) is 1.23. The van der Waals surface area contributed by atoms with E-state index in [0.29, 0.717) is 6.42 Å². The van der Waals surface area contributed by atoms with E-state index in [1.54, 1.807) is 0 Å². The van der Waals surface area contributed by atoms with Gasteiger partial charge >= 0.3 is 0 Å². The Balaban J connectivity index is 2.00. The standard InChI is InChI=1S/C14H18N2O2S/c1-11-7-13(10-16(17)18)8-14(19)15(11)9-12-5-3-2-4-6-12/h2-6,11,13H,7-10H2,1H3/t11-,13-/m0/s1. The Morgan fingerprint density at radius 1 is 1.42 bits per heavy atom. The molecule has 1 aromatic rings. The Kier molecular flexibility index (Phi) is 4.47. The molecule has 4 nitrogen and oxygen atoms in total. The number of likely N-dealkylation sites (tertiary alicyclic amines) is 1. The van der Waals surface area contributed by atoms with Crippen molar-refractivity contribution in [2.45, 2.75) is 32.4 Å². The summed E-state index contributed by atoms with van der Waals surface area (Å²) >= 11 is 5.44. The van der Waals surface area contributed by atoms with Gasteiger partial charge in [0.1, 0.15) is 0 Å². The molecule has 1 aliphatic rings. The first-order valence-corrected chi connectivity index (χ1v) is 6.92. The number of benzene rings is 1. The van der Waals surface area contributed by atoms with E-state index in [1.165, 1.54) is 5.56 Å². The molecule has 0 unspecified atom stereocenters. The zero-order valence-corrected chi connectivity index (χ0v) is 11.8. The van der Waals surface area contributed by atoms with Crippen molar-refractivity contribution in [2.24, 2.45) is 5.92 Å². The monoisotopic (exact) mass is 278 g/mol. The van der Waals surface area contributed by atoms with Gasteiger partial charge in [-0.05, 0) is 18.9 Å². The highest BCUT2D eigenvalue weighted by Gasteiger charge is 2.31. The van der Waals surface area contributed by atoms with Crippen LogP contribution in [0.2, 0.25) is 0 Å². The van der Waals surface area contributed by atoms with Crippen LogP contribution in [0.1, 0.15) is 25.3 Å². The molecule has 0 bridgehead atoms. The molecule has 2 rings (SSSR count). The molecule has 0 amide bonds. The Labute approximate surface area is 118 Å². The van der Waals surface area contributed by atoms with Gasteiger partial charge in [0.15, 0.2) is 0 Å². The zero-order valence-electron chi connectivity index (χ0n) is 11.0. The number of nitro groups is 1. The van der Waals surface area contributed by atoms with Crippen molar-refractivity contribution in [3.63, 3.8) is 0 Å². The van der Waals surface area contributed by atoms with Gasteiger partial charge in [-0.15, -0.1) is 0 Å². The van der Waals surface area contributed by atoms with E-state index in [9.17, 15) is 10.1 Å². The third-order valence-electron chi connectivity index (χ3n) is 3.59. The summed E-state index contributed by atoms with van der Waals surface area (Å²) in [4.78, 5) is 13.4. The molecule has 2 atom stereocenters. The lowest BCUT2D eigenvalue weighted by Crippen LogP contribution is -2.44. The molecule has 1 aliphatic heterocycles. The fourth-order valence-corrected chi connectivity index (χ4v) is 3.16. The maximum Gasteiger partial charge on any atom is 0.207 e. The lowest BCUT2D eigenvalue weighted by Gasteiger charge is -2.38. The highest BCUT2D eigenvalue weighted by molar-refractivity contribution is 7.80. The number of piperidine rings is 1. The van der Waals surface area contributed by atoms with Crippen LogP contribution in [0.4, 0.5) is 0 Å². The van der Waals surface area contributed by atoms with Gasteiger partial charge in [-0.25, -0.2) is 0 Å². The van der Waals surface area contributed by atoms with E-state index in [2.05, 4.69) is 24.0 Å². The minimum absolute atomic E-state index is 0.0314. The molecule has 0 saturated carbocycles. The third kappa shape index (κ3) is 3.73. The largest absolute Gasteiger partial charge is 0.359 e. The van der Waals surface area contributed by atoms with E-state index in [0.717, 1.165) is 18.0 Å². The lowest BCUT2D eigenvalue weighted by atomic mass is 9.91. The van der Waals surface area contributed by atoms with Gasteiger partial charge in [0, 0.05) is 29.8 Å². The second kappa shape index (κ2) is 6.10. The van der Waals surface area contributed by atoms with Crippen LogP contribution in [0.5, 0.6) is 0 Å². The van der Waals surface area contributed by atoms with Crippen LogP contribution in [0.3, 0.4) is 0 Å². The van der Waals surface area contributed by atoms with Gasteiger partial charge < -0.3 is 4.90 Å². The normalized spacial score (nSPS) is 23.4. The molecule has 1 fully saturated rings. The molecule has 1 saturated heterocycles. The summed E-state index contributed by atoms with van der Waals surface area (Å²) in [6.07, 6.45) is 1.50. The number of nitrogens with zero attached hydrogens (tertiary/aromatic N) is 2. The van der Waals surface area contributed by atoms with Gasteiger partial charge in [-0.1, -0.05) is 42.5 Å². The second-order valence-corrected chi connectivity index (χ2v) is 5.65. The highest BCUT2D eigenvalue weighted by Crippen LogP contribution is 2.26. The molecule has 0 radical (unpaired) electrons. The zero-order chi connectivity index (χ0) is 13.8. The third-order valence-corrected chi connectivity index (χ3v) is 3.99. The second-order valence-electron chi connectivity index (χ2n) is 5.18. The highest BCUT2D eigenvalue weighted by atomic mass is 32.1. The van der Waals surface area contributed by atoms with Crippen molar-refractivity contribution < 1.29 is 4.92 Å². The van der Waals surface area contributed by atoms with Gasteiger partial charge in [0.25, 0.3) is 0 Å². The van der Waals surface area contributed by atoms with Crippen LogP contribution in [0, 0.1) is 16.0 Å². The minimum Gasteiger partial charge on any atom is -0.359 e. The summed E-state index contributed by atoms with van der Waals surface area (Å²) in [6, 6.07) is 10.5. The Morgan fingerprint density at radius 3 is 2.68 bits per heavy atom. The summed E-state index contributed by atoms with van der Waals surface area (Å²) < 4.78 is 0. The molecule has 0 N–H and O–H groups in total. The molecule has 0 aliphatic carbocycles. The van der Waals surface area contributed by atoms with Crippen molar-refractivity contribution in [2.75, 3.05) is 6.54 Å². The predicted molar refractivity (Wildman–Crippen MR) is 78.6 cm³/mol. The molecule has 1 heterocycles. The van der Waals surface area contributed by atoms with Crippen LogP contribution < -0.4 is 0 Å². The lowest BCUT2D eigenvalue weighted by molar-refractivity contribution is -0.488. The number of thiocarbonyl (C=S) groups is 1. The molecular formula is C14H18N2O2S. The first-order chi connectivity index (χ1) is 9.06. The molecule has 5 heteroatoms. The molecular weight excluding hydrogens is 260 g/mol. The average molecular weight is 278 g/mol. The van der Waals surface area contributed by atoms with Crippen molar-refractivity contribution >= 4 is 17.2 Å². The maximum atomic E-state index is 10.6. The van der Waals surface area contributed by atoms with Gasteiger partial charge in [0.2, 0.25) is 6.54 Å². The fraction of sp³-hybridized carbons (Fsp3) is 0.500. The van der Waals surface area contributed by atoms with Crippen molar-refractivity contribution in [3.05, 3.63) is 46.0 Å². The van der Waals surface area contributed by atoms with Crippen LogP contribution in [-0.4, -0.2) is 27.4 Å². The van der Waals surface area contributed by atoms with Crippen molar-refractivity contribution in [1.82, 2.24) is 4.90 Å².